The molecule has 0 saturated carbocycles. The molecule has 1 atom stereocenters. The van der Waals surface area contributed by atoms with Gasteiger partial charge >= 0.3 is 0 Å². The molecule has 0 spiro atoms. The molecule has 2 rings (SSSR count). The van der Waals surface area contributed by atoms with Crippen molar-refractivity contribution in [2.24, 2.45) is 5.41 Å². The van der Waals surface area contributed by atoms with Crippen molar-refractivity contribution >= 4 is 17.4 Å². The molecule has 0 saturated heterocycles. The summed E-state index contributed by atoms with van der Waals surface area (Å²) in [7, 11) is 1.65. The Hall–Kier alpha value is -1.28. The van der Waals surface area contributed by atoms with Crippen molar-refractivity contribution in [2.45, 2.75) is 39.5 Å². The molecule has 0 fully saturated rings. The van der Waals surface area contributed by atoms with Crippen LogP contribution in [-0.4, -0.2) is 12.9 Å². The molecular formula is C17H21ClO2. The summed E-state index contributed by atoms with van der Waals surface area (Å²) < 4.78 is 5.26. The van der Waals surface area contributed by atoms with Crippen LogP contribution in [0.4, 0.5) is 0 Å². The number of carbonyl (C=O) groups excluding carboxylic acids is 1. The standard InChI is InChI=1S/C17H21ClO2/c1-4-8-17(9-7-12(2)18)11-13-10-14(20-3)5-6-15(13)16(17)19/h5-7,10H,4,8-9,11H2,1-3H3/b12-7-. The summed E-state index contributed by atoms with van der Waals surface area (Å²) in [4.78, 5) is 12.8. The number of fused-ring (bicyclic) bond motifs is 1. The highest BCUT2D eigenvalue weighted by Crippen LogP contribution is 2.44. The number of Topliss-reactive ketones (excluding diaryl/α,β-unsaturated/α-hetero) is 1. The highest BCUT2D eigenvalue weighted by atomic mass is 35.5. The van der Waals surface area contributed by atoms with Crippen LogP contribution < -0.4 is 4.74 Å². The van der Waals surface area contributed by atoms with Crippen LogP contribution in [0.1, 0.15) is 49.0 Å². The number of carbonyl (C=O) groups is 1. The van der Waals surface area contributed by atoms with Gasteiger partial charge in [-0.1, -0.05) is 31.0 Å². The van der Waals surface area contributed by atoms with Crippen LogP contribution in [-0.2, 0) is 6.42 Å². The number of rotatable bonds is 5. The van der Waals surface area contributed by atoms with Gasteiger partial charge in [0.15, 0.2) is 5.78 Å². The molecule has 0 heterocycles. The monoisotopic (exact) mass is 292 g/mol. The van der Waals surface area contributed by atoms with Gasteiger partial charge in [-0.3, -0.25) is 4.79 Å². The van der Waals surface area contributed by atoms with Crippen molar-refractivity contribution in [1.82, 2.24) is 0 Å². The zero-order chi connectivity index (χ0) is 14.8. The Balaban J connectivity index is 2.37. The summed E-state index contributed by atoms with van der Waals surface area (Å²) in [6.45, 7) is 3.98. The number of ether oxygens (including phenoxy) is 1. The van der Waals surface area contributed by atoms with E-state index in [0.717, 1.165) is 41.2 Å². The molecule has 1 aromatic rings. The first-order valence-electron chi connectivity index (χ1n) is 7.06. The van der Waals surface area contributed by atoms with Crippen LogP contribution in [0.25, 0.3) is 0 Å². The van der Waals surface area contributed by atoms with Gasteiger partial charge in [-0.25, -0.2) is 0 Å². The van der Waals surface area contributed by atoms with Crippen molar-refractivity contribution in [1.29, 1.82) is 0 Å². The lowest BCUT2D eigenvalue weighted by atomic mass is 9.76. The highest BCUT2D eigenvalue weighted by Gasteiger charge is 2.43. The predicted octanol–water partition coefficient (Wildman–Crippen LogP) is 4.75. The average molecular weight is 293 g/mol. The van der Waals surface area contributed by atoms with E-state index in [2.05, 4.69) is 6.92 Å². The first-order chi connectivity index (χ1) is 9.52. The molecule has 2 nitrogen and oxygen atoms in total. The van der Waals surface area contributed by atoms with Gasteiger partial charge in [-0.05, 0) is 49.9 Å². The number of hydrogen-bond acceptors (Lipinski definition) is 2. The predicted molar refractivity (Wildman–Crippen MR) is 82.6 cm³/mol. The largest absolute Gasteiger partial charge is 0.497 e. The van der Waals surface area contributed by atoms with E-state index in [-0.39, 0.29) is 11.2 Å². The summed E-state index contributed by atoms with van der Waals surface area (Å²) in [5, 5.41) is 0.752. The van der Waals surface area contributed by atoms with E-state index in [0.29, 0.717) is 6.42 Å². The summed E-state index contributed by atoms with van der Waals surface area (Å²) in [5.41, 5.74) is 1.63. The number of halogens is 1. The van der Waals surface area contributed by atoms with Gasteiger partial charge < -0.3 is 4.74 Å². The van der Waals surface area contributed by atoms with Gasteiger partial charge in [0, 0.05) is 16.0 Å². The molecule has 0 bridgehead atoms. The topological polar surface area (TPSA) is 26.3 Å². The molecule has 108 valence electrons. The maximum atomic E-state index is 12.8. The lowest BCUT2D eigenvalue weighted by Crippen LogP contribution is -2.27. The average Bonchev–Trinajstić information content (AvgIpc) is 2.70. The van der Waals surface area contributed by atoms with E-state index in [9.17, 15) is 4.79 Å². The molecule has 1 aromatic carbocycles. The number of hydrogen-bond donors (Lipinski definition) is 0. The minimum Gasteiger partial charge on any atom is -0.497 e. The SMILES string of the molecule is CCCC1(C/C=C(/C)Cl)Cc2cc(OC)ccc2C1=O. The second kappa shape index (κ2) is 6.01. The summed E-state index contributed by atoms with van der Waals surface area (Å²) in [5.74, 6) is 1.07. The van der Waals surface area contributed by atoms with Crippen molar-refractivity contribution in [3.63, 3.8) is 0 Å². The van der Waals surface area contributed by atoms with Crippen LogP contribution in [0.2, 0.25) is 0 Å². The second-order valence-electron chi connectivity index (χ2n) is 5.55. The maximum Gasteiger partial charge on any atom is 0.169 e. The fourth-order valence-electron chi connectivity index (χ4n) is 3.08. The quantitative estimate of drug-likeness (QED) is 0.782. The number of allylic oxidation sites excluding steroid dienone is 2. The van der Waals surface area contributed by atoms with E-state index in [1.165, 1.54) is 0 Å². The molecule has 1 unspecified atom stereocenters. The third-order valence-corrected chi connectivity index (χ3v) is 4.22. The van der Waals surface area contributed by atoms with Gasteiger partial charge in [0.05, 0.1) is 7.11 Å². The Bertz CT molecular complexity index is 544. The normalized spacial score (nSPS) is 22.0. The van der Waals surface area contributed by atoms with Crippen molar-refractivity contribution in [3.05, 3.63) is 40.4 Å². The van der Waals surface area contributed by atoms with Gasteiger partial charge in [-0.15, -0.1) is 0 Å². The van der Waals surface area contributed by atoms with Gasteiger partial charge in [0.25, 0.3) is 0 Å². The van der Waals surface area contributed by atoms with E-state index in [4.69, 9.17) is 16.3 Å². The highest BCUT2D eigenvalue weighted by molar-refractivity contribution is 6.29. The second-order valence-corrected chi connectivity index (χ2v) is 6.15. The summed E-state index contributed by atoms with van der Waals surface area (Å²) in [6, 6.07) is 5.74. The van der Waals surface area contributed by atoms with Crippen LogP contribution in [0, 0.1) is 5.41 Å². The first kappa shape index (κ1) is 15.1. The number of benzene rings is 1. The molecule has 20 heavy (non-hydrogen) atoms. The zero-order valence-corrected chi connectivity index (χ0v) is 13.1. The molecule has 3 heteroatoms. The minimum atomic E-state index is -0.320. The third kappa shape index (κ3) is 2.76. The lowest BCUT2D eigenvalue weighted by molar-refractivity contribution is 0.0806. The minimum absolute atomic E-state index is 0.256. The number of ketones is 1. The lowest BCUT2D eigenvalue weighted by Gasteiger charge is -2.25. The Kier molecular flexibility index (Phi) is 4.54. The molecule has 1 aliphatic rings. The van der Waals surface area contributed by atoms with Crippen LogP contribution in [0.15, 0.2) is 29.3 Å². The molecule has 1 aliphatic carbocycles. The van der Waals surface area contributed by atoms with Crippen LogP contribution in [0.3, 0.4) is 0 Å². The van der Waals surface area contributed by atoms with Crippen molar-refractivity contribution in [2.75, 3.05) is 7.11 Å². The molecule has 0 radical (unpaired) electrons. The summed E-state index contributed by atoms with van der Waals surface area (Å²) in [6.07, 6.45) is 5.35. The first-order valence-corrected chi connectivity index (χ1v) is 7.44. The van der Waals surface area contributed by atoms with Crippen LogP contribution >= 0.6 is 11.6 Å². The van der Waals surface area contributed by atoms with E-state index in [1.54, 1.807) is 7.11 Å². The zero-order valence-electron chi connectivity index (χ0n) is 12.3. The van der Waals surface area contributed by atoms with E-state index >= 15 is 0 Å². The summed E-state index contributed by atoms with van der Waals surface area (Å²) >= 11 is 5.95. The Morgan fingerprint density at radius 2 is 2.25 bits per heavy atom. The smallest absolute Gasteiger partial charge is 0.169 e. The maximum absolute atomic E-state index is 12.8. The van der Waals surface area contributed by atoms with Gasteiger partial charge in [0.2, 0.25) is 0 Å². The van der Waals surface area contributed by atoms with E-state index in [1.807, 2.05) is 31.2 Å². The Morgan fingerprint density at radius 1 is 1.50 bits per heavy atom. The van der Waals surface area contributed by atoms with Crippen molar-refractivity contribution in [3.8, 4) is 5.75 Å². The molecule has 0 N–H and O–H groups in total. The van der Waals surface area contributed by atoms with Gasteiger partial charge in [-0.2, -0.15) is 0 Å². The van der Waals surface area contributed by atoms with E-state index < -0.39 is 0 Å². The fraction of sp³-hybridized carbons (Fsp3) is 0.471. The Morgan fingerprint density at radius 3 is 2.85 bits per heavy atom. The molecule has 0 aromatic heterocycles. The third-order valence-electron chi connectivity index (χ3n) is 4.07. The van der Waals surface area contributed by atoms with Crippen molar-refractivity contribution < 1.29 is 9.53 Å². The van der Waals surface area contributed by atoms with Gasteiger partial charge in [0.1, 0.15) is 5.75 Å². The Labute approximate surface area is 125 Å². The number of methoxy groups -OCH3 is 1. The molecular weight excluding hydrogens is 272 g/mol. The molecule has 0 aliphatic heterocycles. The molecule has 0 amide bonds. The fourth-order valence-corrected chi connectivity index (χ4v) is 3.16. The van der Waals surface area contributed by atoms with Crippen LogP contribution in [0.5, 0.6) is 5.75 Å².